The number of piperazine rings is 1. The molecule has 0 radical (unpaired) electrons. The van der Waals surface area contributed by atoms with Gasteiger partial charge in [-0.3, -0.25) is 9.59 Å². The van der Waals surface area contributed by atoms with Crippen molar-refractivity contribution in [2.45, 2.75) is 0 Å². The first-order valence-corrected chi connectivity index (χ1v) is 7.94. The molecular weight excluding hydrogens is 294 g/mol. The third kappa shape index (κ3) is 2.46. The molecule has 0 saturated carbocycles. The van der Waals surface area contributed by atoms with Gasteiger partial charge in [0.15, 0.2) is 0 Å². The van der Waals surface area contributed by atoms with E-state index in [1.54, 1.807) is 33.6 Å². The average molecular weight is 307 g/mol. The van der Waals surface area contributed by atoms with Gasteiger partial charge in [0.05, 0.1) is 4.88 Å². The minimum Gasteiger partial charge on any atom is -0.342 e. The summed E-state index contributed by atoms with van der Waals surface area (Å²) in [4.78, 5) is 32.6. The van der Waals surface area contributed by atoms with Crippen molar-refractivity contribution in [2.75, 3.05) is 26.7 Å². The molecule has 2 amide bonds. The van der Waals surface area contributed by atoms with E-state index in [2.05, 4.69) is 4.98 Å². The van der Waals surface area contributed by atoms with Gasteiger partial charge in [-0.15, -0.1) is 22.7 Å². The second kappa shape index (κ2) is 5.34. The predicted molar refractivity (Wildman–Crippen MR) is 79.0 cm³/mol. The molecular formula is C13H13N3O2S2. The lowest BCUT2D eigenvalue weighted by molar-refractivity contribution is -0.133. The molecule has 7 heteroatoms. The molecule has 2 aromatic heterocycles. The van der Waals surface area contributed by atoms with Crippen LogP contribution in [0.25, 0.3) is 9.88 Å². The van der Waals surface area contributed by atoms with Gasteiger partial charge in [0.2, 0.25) is 5.91 Å². The van der Waals surface area contributed by atoms with E-state index in [-0.39, 0.29) is 18.4 Å². The van der Waals surface area contributed by atoms with Crippen LogP contribution in [0.3, 0.4) is 0 Å². The zero-order valence-electron chi connectivity index (χ0n) is 10.9. The maximum atomic E-state index is 12.3. The van der Waals surface area contributed by atoms with Crippen LogP contribution in [-0.2, 0) is 4.79 Å². The van der Waals surface area contributed by atoms with Gasteiger partial charge in [0.1, 0.15) is 17.2 Å². The summed E-state index contributed by atoms with van der Waals surface area (Å²) in [5.74, 6) is -0.191. The molecule has 104 valence electrons. The number of rotatable bonds is 2. The average Bonchev–Trinajstić information content (AvgIpc) is 3.11. The first kappa shape index (κ1) is 13.3. The summed E-state index contributed by atoms with van der Waals surface area (Å²) in [6.07, 6.45) is 0. The summed E-state index contributed by atoms with van der Waals surface area (Å²) in [5.41, 5.74) is 0.427. The fraction of sp³-hybridized carbons (Fsp3) is 0.308. The van der Waals surface area contributed by atoms with Crippen LogP contribution >= 0.6 is 22.7 Å². The minimum atomic E-state index is -0.162. The number of carbonyl (C=O) groups excluding carboxylic acids is 2. The third-order valence-corrected chi connectivity index (χ3v) is 5.08. The number of nitrogens with zero attached hydrogens (tertiary/aromatic N) is 3. The maximum absolute atomic E-state index is 12.3. The molecule has 0 atom stereocenters. The molecule has 1 fully saturated rings. The van der Waals surface area contributed by atoms with Crippen LogP contribution in [-0.4, -0.2) is 53.3 Å². The van der Waals surface area contributed by atoms with Crippen molar-refractivity contribution >= 4 is 34.5 Å². The van der Waals surface area contributed by atoms with Crippen molar-refractivity contribution in [3.05, 3.63) is 28.6 Å². The molecule has 0 aliphatic carbocycles. The van der Waals surface area contributed by atoms with Crippen LogP contribution in [0.1, 0.15) is 10.5 Å². The summed E-state index contributed by atoms with van der Waals surface area (Å²) in [7, 11) is 1.75. The Bertz CT molecular complexity index is 636. The molecule has 0 spiro atoms. The van der Waals surface area contributed by atoms with Gasteiger partial charge in [0, 0.05) is 25.5 Å². The standard InChI is InChI=1S/C13H13N3O2S2/c1-15-4-5-16(7-11(15)17)13(18)9-8-20-12(14-9)10-3-2-6-19-10/h2-3,6,8H,4-5,7H2,1H3. The van der Waals surface area contributed by atoms with Gasteiger partial charge in [-0.25, -0.2) is 4.98 Å². The molecule has 0 N–H and O–H groups in total. The largest absolute Gasteiger partial charge is 0.342 e. The molecule has 5 nitrogen and oxygen atoms in total. The van der Waals surface area contributed by atoms with Gasteiger partial charge < -0.3 is 9.80 Å². The van der Waals surface area contributed by atoms with Gasteiger partial charge in [-0.05, 0) is 11.4 Å². The summed E-state index contributed by atoms with van der Waals surface area (Å²) >= 11 is 3.06. The van der Waals surface area contributed by atoms with E-state index in [1.165, 1.54) is 11.3 Å². The topological polar surface area (TPSA) is 53.5 Å². The SMILES string of the molecule is CN1CCN(C(=O)c2csc(-c3cccs3)n2)CC1=O. The lowest BCUT2D eigenvalue weighted by Crippen LogP contribution is -2.50. The molecule has 1 aliphatic heterocycles. The molecule has 0 bridgehead atoms. The normalized spacial score (nSPS) is 15.8. The van der Waals surface area contributed by atoms with Crippen LogP contribution in [0.5, 0.6) is 0 Å². The van der Waals surface area contributed by atoms with Crippen molar-refractivity contribution < 1.29 is 9.59 Å². The smallest absolute Gasteiger partial charge is 0.273 e. The first-order chi connectivity index (χ1) is 9.65. The molecule has 3 heterocycles. The molecule has 0 aromatic carbocycles. The lowest BCUT2D eigenvalue weighted by Gasteiger charge is -2.31. The summed E-state index contributed by atoms with van der Waals surface area (Å²) < 4.78 is 0. The number of carbonyl (C=O) groups is 2. The van der Waals surface area contributed by atoms with Gasteiger partial charge in [0.25, 0.3) is 5.91 Å². The summed E-state index contributed by atoms with van der Waals surface area (Å²) in [6.45, 7) is 1.28. The highest BCUT2D eigenvalue weighted by atomic mass is 32.1. The van der Waals surface area contributed by atoms with Crippen molar-refractivity contribution in [3.8, 4) is 9.88 Å². The van der Waals surface area contributed by atoms with Gasteiger partial charge in [-0.1, -0.05) is 6.07 Å². The fourth-order valence-corrected chi connectivity index (χ4v) is 3.59. The highest BCUT2D eigenvalue weighted by Gasteiger charge is 2.27. The number of aromatic nitrogens is 1. The van der Waals surface area contributed by atoms with Crippen molar-refractivity contribution in [1.29, 1.82) is 0 Å². The van der Waals surface area contributed by atoms with Gasteiger partial charge in [-0.2, -0.15) is 0 Å². The molecule has 2 aromatic rings. The first-order valence-electron chi connectivity index (χ1n) is 6.18. The predicted octanol–water partition coefficient (Wildman–Crippen LogP) is 1.79. The molecule has 3 rings (SSSR count). The maximum Gasteiger partial charge on any atom is 0.273 e. The Hall–Kier alpha value is -1.73. The third-order valence-electron chi connectivity index (χ3n) is 3.20. The van der Waals surface area contributed by atoms with E-state index in [9.17, 15) is 9.59 Å². The fourth-order valence-electron chi connectivity index (χ4n) is 1.98. The number of thiophene rings is 1. The highest BCUT2D eigenvalue weighted by molar-refractivity contribution is 7.20. The van der Waals surface area contributed by atoms with Crippen LogP contribution in [0.15, 0.2) is 22.9 Å². The molecule has 1 saturated heterocycles. The Morgan fingerprint density at radius 1 is 1.35 bits per heavy atom. The number of amides is 2. The van der Waals surface area contributed by atoms with Crippen LogP contribution in [0.2, 0.25) is 0 Å². The monoisotopic (exact) mass is 307 g/mol. The summed E-state index contributed by atoms with van der Waals surface area (Å²) in [6, 6.07) is 3.94. The van der Waals surface area contributed by atoms with E-state index in [0.717, 1.165) is 9.88 Å². The Balaban J connectivity index is 1.76. The van der Waals surface area contributed by atoms with Crippen LogP contribution in [0.4, 0.5) is 0 Å². The van der Waals surface area contributed by atoms with E-state index in [1.807, 2.05) is 17.5 Å². The molecule has 0 unspecified atom stereocenters. The van der Waals surface area contributed by atoms with Crippen molar-refractivity contribution in [2.24, 2.45) is 0 Å². The Kier molecular flexibility index (Phi) is 3.54. The zero-order chi connectivity index (χ0) is 14.1. The number of hydrogen-bond acceptors (Lipinski definition) is 5. The highest BCUT2D eigenvalue weighted by Crippen LogP contribution is 2.28. The van der Waals surface area contributed by atoms with Crippen LogP contribution in [0, 0.1) is 0 Å². The molecule has 1 aliphatic rings. The van der Waals surface area contributed by atoms with Crippen LogP contribution < -0.4 is 0 Å². The van der Waals surface area contributed by atoms with E-state index in [4.69, 9.17) is 0 Å². The lowest BCUT2D eigenvalue weighted by atomic mass is 10.3. The van der Waals surface area contributed by atoms with E-state index < -0.39 is 0 Å². The quantitative estimate of drug-likeness (QED) is 0.850. The molecule has 20 heavy (non-hydrogen) atoms. The van der Waals surface area contributed by atoms with Crippen molar-refractivity contribution in [3.63, 3.8) is 0 Å². The van der Waals surface area contributed by atoms with Crippen molar-refractivity contribution in [1.82, 2.24) is 14.8 Å². The zero-order valence-corrected chi connectivity index (χ0v) is 12.5. The Morgan fingerprint density at radius 2 is 2.20 bits per heavy atom. The number of likely N-dealkylation sites (N-methyl/N-ethyl adjacent to an activating group) is 1. The minimum absolute atomic E-state index is 0.0293. The number of hydrogen-bond donors (Lipinski definition) is 0. The second-order valence-electron chi connectivity index (χ2n) is 4.56. The van der Waals surface area contributed by atoms with E-state index in [0.29, 0.717) is 18.8 Å². The second-order valence-corrected chi connectivity index (χ2v) is 6.36. The van der Waals surface area contributed by atoms with Gasteiger partial charge >= 0.3 is 0 Å². The van der Waals surface area contributed by atoms with E-state index >= 15 is 0 Å². The Labute approximate surface area is 124 Å². The Morgan fingerprint density at radius 3 is 2.90 bits per heavy atom. The summed E-state index contributed by atoms with van der Waals surface area (Å²) in [5, 5.41) is 4.60. The number of thiazole rings is 1.